The molecule has 0 atom stereocenters. The molecule has 7 nitrogen and oxygen atoms in total. The number of barbiturate groups is 1. The number of benzene rings is 4. The van der Waals surface area contributed by atoms with E-state index in [4.69, 9.17) is 44.3 Å². The molecule has 4 aromatic carbocycles. The zero-order valence-corrected chi connectivity index (χ0v) is 23.5. The predicted octanol–water partition coefficient (Wildman–Crippen LogP) is 7.47. The molecule has 0 aromatic heterocycles. The minimum atomic E-state index is -0.856. The van der Waals surface area contributed by atoms with Crippen LogP contribution < -0.4 is 19.7 Å². The highest BCUT2D eigenvalue weighted by Gasteiger charge is 2.37. The number of ether oxygens (including phenoxy) is 2. The van der Waals surface area contributed by atoms with Crippen molar-refractivity contribution in [3.63, 3.8) is 0 Å². The number of anilines is 1. The van der Waals surface area contributed by atoms with E-state index in [1.807, 2.05) is 12.1 Å². The Labute approximate surface area is 250 Å². The minimum Gasteiger partial charge on any atom is -0.489 e. The largest absolute Gasteiger partial charge is 0.489 e. The number of carbonyl (C=O) groups excluding carboxylic acids is 3. The fourth-order valence-corrected chi connectivity index (χ4v) is 4.60. The van der Waals surface area contributed by atoms with Crippen molar-refractivity contribution in [2.45, 2.75) is 13.2 Å². The van der Waals surface area contributed by atoms with Gasteiger partial charge in [-0.2, -0.15) is 0 Å². The maximum Gasteiger partial charge on any atom is 0.335 e. The molecule has 1 fully saturated rings. The van der Waals surface area contributed by atoms with Gasteiger partial charge < -0.3 is 9.47 Å². The fraction of sp³-hybridized carbons (Fsp3) is 0.0645. The molecule has 0 aliphatic carbocycles. The molecule has 1 heterocycles. The van der Waals surface area contributed by atoms with Crippen molar-refractivity contribution in [3.8, 4) is 11.5 Å². The molecular weight excluding hydrogens is 587 g/mol. The summed E-state index contributed by atoms with van der Waals surface area (Å²) in [5.41, 5.74) is 2.18. The summed E-state index contributed by atoms with van der Waals surface area (Å²) in [6.45, 7) is 0.445. The van der Waals surface area contributed by atoms with Crippen molar-refractivity contribution in [2.75, 3.05) is 4.90 Å². The first-order valence-corrected chi connectivity index (χ1v) is 13.5. The monoisotopic (exact) mass is 606 g/mol. The van der Waals surface area contributed by atoms with Crippen LogP contribution in [-0.4, -0.2) is 17.8 Å². The first kappa shape index (κ1) is 28.2. The topological polar surface area (TPSA) is 84.9 Å². The summed E-state index contributed by atoms with van der Waals surface area (Å²) < 4.78 is 11.7. The van der Waals surface area contributed by atoms with Gasteiger partial charge in [0.05, 0.1) is 5.69 Å². The number of hydrogen-bond donors (Lipinski definition) is 1. The maximum absolute atomic E-state index is 13.4. The van der Waals surface area contributed by atoms with Crippen LogP contribution in [0.25, 0.3) is 6.08 Å². The number of amides is 4. The van der Waals surface area contributed by atoms with E-state index >= 15 is 0 Å². The van der Waals surface area contributed by atoms with Gasteiger partial charge in [-0.15, -0.1) is 0 Å². The third kappa shape index (κ3) is 6.72. The van der Waals surface area contributed by atoms with Crippen LogP contribution in [0, 0.1) is 0 Å². The summed E-state index contributed by atoms with van der Waals surface area (Å²) in [5.74, 6) is -0.624. The number of nitrogens with zero attached hydrogens (tertiary/aromatic N) is 1. The lowest BCUT2D eigenvalue weighted by Gasteiger charge is -2.26. The fourth-order valence-electron chi connectivity index (χ4n) is 4.01. The molecular formula is C31H21Cl3N2O5. The molecule has 206 valence electrons. The van der Waals surface area contributed by atoms with Crippen LogP contribution in [0.1, 0.15) is 16.7 Å². The molecule has 0 unspecified atom stereocenters. The first-order chi connectivity index (χ1) is 19.8. The lowest BCUT2D eigenvalue weighted by atomic mass is 10.1. The van der Waals surface area contributed by atoms with Crippen molar-refractivity contribution in [1.82, 2.24) is 5.32 Å². The van der Waals surface area contributed by atoms with E-state index in [1.165, 1.54) is 6.08 Å². The van der Waals surface area contributed by atoms with Gasteiger partial charge in [0, 0.05) is 26.2 Å². The van der Waals surface area contributed by atoms with E-state index in [0.717, 1.165) is 16.0 Å². The highest BCUT2D eigenvalue weighted by Crippen LogP contribution is 2.28. The van der Waals surface area contributed by atoms with Crippen molar-refractivity contribution >= 4 is 64.4 Å². The van der Waals surface area contributed by atoms with Gasteiger partial charge in [0.2, 0.25) is 0 Å². The van der Waals surface area contributed by atoms with Crippen LogP contribution in [0.5, 0.6) is 11.5 Å². The summed E-state index contributed by atoms with van der Waals surface area (Å²) >= 11 is 18.1. The van der Waals surface area contributed by atoms with Crippen molar-refractivity contribution < 1.29 is 23.9 Å². The number of hydrogen-bond acceptors (Lipinski definition) is 5. The Morgan fingerprint density at radius 3 is 2.20 bits per heavy atom. The third-order valence-corrected chi connectivity index (χ3v) is 6.97. The Bertz CT molecular complexity index is 1650. The molecule has 41 heavy (non-hydrogen) atoms. The lowest BCUT2D eigenvalue weighted by Crippen LogP contribution is -2.54. The lowest BCUT2D eigenvalue weighted by molar-refractivity contribution is -0.122. The molecule has 1 N–H and O–H groups in total. The Morgan fingerprint density at radius 2 is 1.46 bits per heavy atom. The standard InChI is InChI=1S/C31H21Cl3N2O5/c32-22-8-5-19(6-9-22)17-41-28-4-2-1-3-20(28)15-26-29(37)35-31(39)36(30(26)38)24-11-13-25(14-12-24)40-18-21-7-10-23(33)16-27(21)34/h1-16H,17-18H2,(H,35,37,39)/b26-15+. The van der Waals surface area contributed by atoms with E-state index < -0.39 is 17.8 Å². The summed E-state index contributed by atoms with van der Waals surface area (Å²) in [4.78, 5) is 39.7. The van der Waals surface area contributed by atoms with Crippen LogP contribution in [0.4, 0.5) is 10.5 Å². The van der Waals surface area contributed by atoms with E-state index in [-0.39, 0.29) is 24.5 Å². The molecule has 4 amide bonds. The maximum atomic E-state index is 13.4. The van der Waals surface area contributed by atoms with Gasteiger partial charge in [0.25, 0.3) is 11.8 Å². The van der Waals surface area contributed by atoms with Gasteiger partial charge >= 0.3 is 6.03 Å². The van der Waals surface area contributed by atoms with E-state index in [0.29, 0.717) is 32.1 Å². The Kier molecular flexibility index (Phi) is 8.59. The Morgan fingerprint density at radius 1 is 0.756 bits per heavy atom. The van der Waals surface area contributed by atoms with Crippen LogP contribution in [0.3, 0.4) is 0 Å². The molecule has 10 heteroatoms. The second-order valence-electron chi connectivity index (χ2n) is 8.93. The molecule has 4 aromatic rings. The van der Waals surface area contributed by atoms with Gasteiger partial charge in [0.1, 0.15) is 30.3 Å². The number of carbonyl (C=O) groups is 3. The average molecular weight is 608 g/mol. The van der Waals surface area contributed by atoms with E-state index in [2.05, 4.69) is 5.32 Å². The van der Waals surface area contributed by atoms with Crippen LogP contribution in [0.2, 0.25) is 15.1 Å². The van der Waals surface area contributed by atoms with Gasteiger partial charge in [-0.05, 0) is 66.2 Å². The Hall–Kier alpha value is -4.30. The summed E-state index contributed by atoms with van der Waals surface area (Å²) in [6.07, 6.45) is 1.40. The average Bonchev–Trinajstić information content (AvgIpc) is 2.95. The quantitative estimate of drug-likeness (QED) is 0.166. The molecule has 5 rings (SSSR count). The minimum absolute atomic E-state index is 0.194. The van der Waals surface area contributed by atoms with Crippen LogP contribution in [0.15, 0.2) is 96.6 Å². The Balaban J connectivity index is 1.33. The number of nitrogens with one attached hydrogen (secondary N) is 1. The molecule has 1 aliphatic heterocycles. The second kappa shape index (κ2) is 12.5. The summed E-state index contributed by atoms with van der Waals surface area (Å²) in [7, 11) is 0. The molecule has 0 radical (unpaired) electrons. The number of imide groups is 2. The summed E-state index contributed by atoms with van der Waals surface area (Å²) in [5, 5.41) is 3.85. The van der Waals surface area contributed by atoms with E-state index in [9.17, 15) is 14.4 Å². The zero-order valence-electron chi connectivity index (χ0n) is 21.3. The molecule has 0 saturated carbocycles. The SMILES string of the molecule is O=C1NC(=O)N(c2ccc(OCc3ccc(Cl)cc3Cl)cc2)C(=O)/C1=C/c1ccccc1OCc1ccc(Cl)cc1. The van der Waals surface area contributed by atoms with Crippen LogP contribution >= 0.6 is 34.8 Å². The van der Waals surface area contributed by atoms with Crippen molar-refractivity contribution in [3.05, 3.63) is 128 Å². The van der Waals surface area contributed by atoms with Gasteiger partial charge in [-0.1, -0.05) is 71.2 Å². The number of rotatable bonds is 8. The van der Waals surface area contributed by atoms with Gasteiger partial charge in [-0.25, -0.2) is 9.69 Å². The normalized spacial score (nSPS) is 14.3. The number of halogens is 3. The predicted molar refractivity (Wildman–Crippen MR) is 158 cm³/mol. The number of urea groups is 1. The highest BCUT2D eigenvalue weighted by molar-refractivity contribution is 6.39. The third-order valence-electron chi connectivity index (χ3n) is 6.13. The molecule has 0 bridgehead atoms. The smallest absolute Gasteiger partial charge is 0.335 e. The number of para-hydroxylation sites is 1. The van der Waals surface area contributed by atoms with Gasteiger partial charge in [0.15, 0.2) is 0 Å². The van der Waals surface area contributed by atoms with Crippen LogP contribution in [-0.2, 0) is 22.8 Å². The molecule has 1 saturated heterocycles. The van der Waals surface area contributed by atoms with E-state index in [1.54, 1.807) is 78.9 Å². The highest BCUT2D eigenvalue weighted by atomic mass is 35.5. The van der Waals surface area contributed by atoms with Crippen molar-refractivity contribution in [1.29, 1.82) is 0 Å². The first-order valence-electron chi connectivity index (χ1n) is 12.3. The second-order valence-corrected chi connectivity index (χ2v) is 10.2. The van der Waals surface area contributed by atoms with Crippen molar-refractivity contribution in [2.24, 2.45) is 0 Å². The molecule has 0 spiro atoms. The van der Waals surface area contributed by atoms with Gasteiger partial charge in [-0.3, -0.25) is 14.9 Å². The molecule has 1 aliphatic rings. The zero-order chi connectivity index (χ0) is 28.9. The summed E-state index contributed by atoms with van der Waals surface area (Å²) in [6, 6.07) is 24.8.